The normalized spacial score (nSPS) is 14.3. The molecule has 19 heteroatoms. The molecule has 588 valence electrons. The third kappa shape index (κ3) is 72.8. The summed E-state index contributed by atoms with van der Waals surface area (Å²) in [6.45, 7) is 12.0. The van der Waals surface area contributed by atoms with E-state index in [9.17, 15) is 43.2 Å². The first-order chi connectivity index (χ1) is 47.8. The predicted molar refractivity (Wildman–Crippen MR) is 405 cm³/mol. The van der Waals surface area contributed by atoms with Crippen molar-refractivity contribution < 1.29 is 80.2 Å². The number of carbonyl (C=O) groups excluding carboxylic acids is 4. The molecule has 6 atom stereocenters. The second-order valence-corrected chi connectivity index (χ2v) is 32.9. The van der Waals surface area contributed by atoms with Gasteiger partial charge in [0, 0.05) is 25.7 Å². The standard InChI is InChI=1S/C80H156O17P2/c1-8-10-11-12-13-30-40-47-54-61-77(82)90-67-75(96-80(85)64-57-50-43-36-29-23-25-32-38-45-52-59-72(5)6)69-94-98(86,87)92-65-74(81)66-93-99(88,89)95-70-76(97-79(84)63-56-49-42-35-28-22-16-14-15-19-24-31-37-44-51-58-71(3)4)68-91-78(83)62-55-48-41-34-27-21-18-17-20-26-33-39-46-53-60-73(7)9-2/h71-76,81H,8-70H2,1-7H3,(H,86,87)(H,88,89)/t73?,74-,75+,76+/m0/s1. The van der Waals surface area contributed by atoms with Crippen LogP contribution in [-0.2, 0) is 65.4 Å². The molecule has 3 N–H and O–H groups in total. The second-order valence-electron chi connectivity index (χ2n) is 30.0. The first-order valence-electron chi connectivity index (χ1n) is 41.4. The van der Waals surface area contributed by atoms with E-state index in [0.717, 1.165) is 108 Å². The van der Waals surface area contributed by atoms with Gasteiger partial charge >= 0.3 is 39.5 Å². The van der Waals surface area contributed by atoms with Crippen LogP contribution in [0, 0.1) is 17.8 Å². The summed E-state index contributed by atoms with van der Waals surface area (Å²) >= 11 is 0. The summed E-state index contributed by atoms with van der Waals surface area (Å²) in [5.41, 5.74) is 0. The number of carbonyl (C=O) groups is 4. The van der Waals surface area contributed by atoms with Crippen LogP contribution in [0.2, 0.25) is 0 Å². The summed E-state index contributed by atoms with van der Waals surface area (Å²) in [5, 5.41) is 10.6. The average Bonchev–Trinajstić information content (AvgIpc) is 1.09. The molecule has 0 heterocycles. The van der Waals surface area contributed by atoms with Crippen LogP contribution < -0.4 is 0 Å². The lowest BCUT2D eigenvalue weighted by Crippen LogP contribution is -2.30. The van der Waals surface area contributed by atoms with Crippen LogP contribution >= 0.6 is 15.6 Å². The van der Waals surface area contributed by atoms with E-state index in [0.29, 0.717) is 25.7 Å². The Morgan fingerprint density at radius 2 is 0.515 bits per heavy atom. The van der Waals surface area contributed by atoms with Crippen LogP contribution in [0.15, 0.2) is 0 Å². The number of ether oxygens (including phenoxy) is 4. The van der Waals surface area contributed by atoms with E-state index < -0.39 is 97.5 Å². The minimum atomic E-state index is -4.96. The van der Waals surface area contributed by atoms with Gasteiger partial charge in [-0.1, -0.05) is 363 Å². The first kappa shape index (κ1) is 97.1. The van der Waals surface area contributed by atoms with Crippen LogP contribution in [0.5, 0.6) is 0 Å². The number of hydrogen-bond donors (Lipinski definition) is 3. The lowest BCUT2D eigenvalue weighted by molar-refractivity contribution is -0.161. The van der Waals surface area contributed by atoms with Crippen molar-refractivity contribution in [3.63, 3.8) is 0 Å². The molecule has 17 nitrogen and oxygen atoms in total. The van der Waals surface area contributed by atoms with Crippen molar-refractivity contribution in [3.8, 4) is 0 Å². The molecule has 0 aromatic rings. The smallest absolute Gasteiger partial charge is 0.462 e. The molecule has 0 fully saturated rings. The fraction of sp³-hybridized carbons (Fsp3) is 0.950. The van der Waals surface area contributed by atoms with Gasteiger partial charge in [0.2, 0.25) is 0 Å². The van der Waals surface area contributed by atoms with Gasteiger partial charge in [0.25, 0.3) is 0 Å². The van der Waals surface area contributed by atoms with Crippen LogP contribution in [0.4, 0.5) is 0 Å². The molecule has 0 spiro atoms. The molecule has 0 aliphatic heterocycles. The van der Waals surface area contributed by atoms with Gasteiger partial charge in [-0.2, -0.15) is 0 Å². The molecular weight excluding hydrogens is 1290 g/mol. The Morgan fingerprint density at radius 3 is 0.768 bits per heavy atom. The molecule has 99 heavy (non-hydrogen) atoms. The van der Waals surface area contributed by atoms with Crippen LogP contribution in [0.25, 0.3) is 0 Å². The van der Waals surface area contributed by atoms with Gasteiger partial charge in [-0.05, 0) is 43.4 Å². The maximum atomic E-state index is 13.1. The van der Waals surface area contributed by atoms with Crippen molar-refractivity contribution in [1.29, 1.82) is 0 Å². The molecule has 0 aromatic carbocycles. The number of unbranched alkanes of at least 4 members (excludes halogenated alkanes) is 45. The van der Waals surface area contributed by atoms with Gasteiger partial charge < -0.3 is 33.8 Å². The van der Waals surface area contributed by atoms with Gasteiger partial charge in [-0.3, -0.25) is 37.3 Å². The van der Waals surface area contributed by atoms with Gasteiger partial charge in [0.1, 0.15) is 19.3 Å². The topological polar surface area (TPSA) is 237 Å². The molecule has 0 amide bonds. The Labute approximate surface area is 607 Å². The summed E-state index contributed by atoms with van der Waals surface area (Å²) in [7, 11) is -9.92. The molecule has 0 radical (unpaired) electrons. The minimum Gasteiger partial charge on any atom is -0.462 e. The Morgan fingerprint density at radius 1 is 0.293 bits per heavy atom. The first-order valence-corrected chi connectivity index (χ1v) is 44.4. The number of phosphoric ester groups is 2. The minimum absolute atomic E-state index is 0.106. The van der Waals surface area contributed by atoms with Crippen molar-refractivity contribution in [2.45, 2.75) is 433 Å². The summed E-state index contributed by atoms with van der Waals surface area (Å²) in [5.74, 6) is 0.305. The summed E-state index contributed by atoms with van der Waals surface area (Å²) in [6, 6.07) is 0. The van der Waals surface area contributed by atoms with Gasteiger partial charge in [0.15, 0.2) is 12.2 Å². The molecule has 0 saturated heterocycles. The van der Waals surface area contributed by atoms with E-state index in [1.807, 2.05) is 0 Å². The highest BCUT2D eigenvalue weighted by Crippen LogP contribution is 2.45. The molecule has 0 rings (SSSR count). The number of hydrogen-bond acceptors (Lipinski definition) is 15. The van der Waals surface area contributed by atoms with Crippen LogP contribution in [-0.4, -0.2) is 96.7 Å². The largest absolute Gasteiger partial charge is 0.472 e. The lowest BCUT2D eigenvalue weighted by atomic mass is 9.99. The van der Waals surface area contributed by atoms with Crippen LogP contribution in [0.1, 0.15) is 414 Å². The van der Waals surface area contributed by atoms with Crippen molar-refractivity contribution in [2.24, 2.45) is 17.8 Å². The second kappa shape index (κ2) is 70.4. The molecule has 3 unspecified atom stereocenters. The number of aliphatic hydroxyl groups excluding tert-OH is 1. The van der Waals surface area contributed by atoms with Crippen molar-refractivity contribution in [1.82, 2.24) is 0 Å². The average molecular weight is 1450 g/mol. The van der Waals surface area contributed by atoms with Crippen molar-refractivity contribution in [3.05, 3.63) is 0 Å². The zero-order valence-corrected chi connectivity index (χ0v) is 66.8. The summed E-state index contributed by atoms with van der Waals surface area (Å²) in [4.78, 5) is 72.9. The highest BCUT2D eigenvalue weighted by atomic mass is 31.2. The third-order valence-corrected chi connectivity index (χ3v) is 20.9. The molecule has 0 aromatic heterocycles. The maximum absolute atomic E-state index is 13.1. The fourth-order valence-corrected chi connectivity index (χ4v) is 13.9. The van der Waals surface area contributed by atoms with Gasteiger partial charge in [-0.15, -0.1) is 0 Å². The highest BCUT2D eigenvalue weighted by molar-refractivity contribution is 7.47. The molecule has 0 aliphatic rings. The van der Waals surface area contributed by atoms with E-state index in [-0.39, 0.29) is 25.7 Å². The number of rotatable bonds is 78. The van der Waals surface area contributed by atoms with Gasteiger partial charge in [-0.25, -0.2) is 9.13 Å². The number of phosphoric acid groups is 2. The molecule has 0 bridgehead atoms. The zero-order chi connectivity index (χ0) is 73.0. The SMILES string of the molecule is CCCCCCCCCCCC(=O)OC[C@H](COP(=O)(O)OC[C@H](O)COP(=O)(O)OC[C@@H](COC(=O)CCCCCCCCCCCCCCCCC(C)CC)OC(=O)CCCCCCCCCCCCCCCCCC(C)C)OC(=O)CCCCCCCCCCCCCC(C)C. The highest BCUT2D eigenvalue weighted by Gasteiger charge is 2.30. The molecule has 0 aliphatic carbocycles. The predicted octanol–water partition coefficient (Wildman–Crippen LogP) is 23.7. The summed E-state index contributed by atoms with van der Waals surface area (Å²) in [6.07, 6.45) is 58.2. The number of aliphatic hydroxyl groups is 1. The van der Waals surface area contributed by atoms with E-state index in [1.54, 1.807) is 0 Å². The monoisotopic (exact) mass is 1450 g/mol. The zero-order valence-electron chi connectivity index (χ0n) is 65.0. The lowest BCUT2D eigenvalue weighted by Gasteiger charge is -2.21. The van der Waals surface area contributed by atoms with E-state index in [2.05, 4.69) is 48.5 Å². The van der Waals surface area contributed by atoms with Crippen molar-refractivity contribution >= 4 is 39.5 Å². The van der Waals surface area contributed by atoms with E-state index in [4.69, 9.17) is 37.0 Å². The van der Waals surface area contributed by atoms with E-state index in [1.165, 1.54) is 225 Å². The third-order valence-electron chi connectivity index (χ3n) is 19.0. The van der Waals surface area contributed by atoms with Crippen LogP contribution in [0.3, 0.4) is 0 Å². The number of esters is 4. The summed E-state index contributed by atoms with van der Waals surface area (Å²) < 4.78 is 68.7. The Balaban J connectivity index is 5.23. The van der Waals surface area contributed by atoms with Gasteiger partial charge in [0.05, 0.1) is 26.4 Å². The fourth-order valence-electron chi connectivity index (χ4n) is 12.3. The maximum Gasteiger partial charge on any atom is 0.472 e. The molecular formula is C80H156O17P2. The van der Waals surface area contributed by atoms with E-state index >= 15 is 0 Å². The van der Waals surface area contributed by atoms with Crippen molar-refractivity contribution in [2.75, 3.05) is 39.6 Å². The Bertz CT molecular complexity index is 1920. The Hall–Kier alpha value is -1.94. The Kier molecular flexibility index (Phi) is 69.0. The molecule has 0 saturated carbocycles. The quantitative estimate of drug-likeness (QED) is 0.0222.